The van der Waals surface area contributed by atoms with E-state index in [-0.39, 0.29) is 17.0 Å². The zero-order chi connectivity index (χ0) is 17.0. The number of halogens is 1. The summed E-state index contributed by atoms with van der Waals surface area (Å²) in [4.78, 5) is 0. The van der Waals surface area contributed by atoms with Crippen LogP contribution in [0.3, 0.4) is 0 Å². The molecule has 2 heteroatoms. The molecule has 0 radical (unpaired) electrons. The number of unbranched alkanes of at least 4 members (excludes halogenated alkanes) is 13. The Kier molecular flexibility index (Phi) is 24.1. The van der Waals surface area contributed by atoms with Gasteiger partial charge in [0.2, 0.25) is 0 Å². The average molecular weight is 401 g/mol. The minimum absolute atomic E-state index is 0. The van der Waals surface area contributed by atoms with Gasteiger partial charge in [0.15, 0.2) is 0 Å². The van der Waals surface area contributed by atoms with Crippen LogP contribution in [-0.4, -0.2) is 5.11 Å². The maximum absolute atomic E-state index is 8.63. The van der Waals surface area contributed by atoms with Crippen molar-refractivity contribution >= 4 is 17.0 Å². The molecule has 0 fully saturated rings. The molecular weight excluding hydrogens is 360 g/mol. The van der Waals surface area contributed by atoms with Gasteiger partial charge in [-0.25, -0.2) is 0 Å². The quantitative estimate of drug-likeness (QED) is 0.329. The minimum atomic E-state index is 0. The van der Waals surface area contributed by atoms with Crippen molar-refractivity contribution in [2.75, 3.05) is 0 Å². The monoisotopic (exact) mass is 400 g/mol. The lowest BCUT2D eigenvalue weighted by Gasteiger charge is -2.02. The van der Waals surface area contributed by atoms with E-state index in [9.17, 15) is 0 Å². The third kappa shape index (κ3) is 21.5. The number of phenolic OH excluding ortho intramolecular Hbond substituents is 1. The van der Waals surface area contributed by atoms with Crippen LogP contribution in [0.5, 0.6) is 5.75 Å². The summed E-state index contributed by atoms with van der Waals surface area (Å²) in [6.45, 7) is 4.58. The lowest BCUT2D eigenvalue weighted by molar-refractivity contribution is 0.475. The van der Waals surface area contributed by atoms with Crippen LogP contribution in [0, 0.1) is 0 Å². The van der Waals surface area contributed by atoms with Crippen molar-refractivity contribution in [3.63, 3.8) is 0 Å². The van der Waals surface area contributed by atoms with Crippen LogP contribution in [0.15, 0.2) is 30.3 Å². The largest absolute Gasteiger partial charge is 0.508 e. The van der Waals surface area contributed by atoms with Crippen molar-refractivity contribution in [3.8, 4) is 5.75 Å². The second kappa shape index (κ2) is 22.5. The van der Waals surface area contributed by atoms with Gasteiger partial charge in [-0.3, -0.25) is 0 Å². The fourth-order valence-electron chi connectivity index (χ4n) is 2.70. The van der Waals surface area contributed by atoms with Crippen LogP contribution in [0.25, 0.3) is 0 Å². The molecular formula is C22H41BrO. The molecule has 142 valence electrons. The van der Waals surface area contributed by atoms with Crippen molar-refractivity contribution in [3.05, 3.63) is 30.3 Å². The first-order valence-electron chi connectivity index (χ1n) is 10.0. The fraction of sp³-hybridized carbons (Fsp3) is 0.727. The summed E-state index contributed by atoms with van der Waals surface area (Å²) in [5.41, 5.74) is 0. The molecule has 0 aromatic heterocycles. The first-order chi connectivity index (χ1) is 11.3. The van der Waals surface area contributed by atoms with Crippen LogP contribution >= 0.6 is 17.0 Å². The number of para-hydroxylation sites is 1. The number of hydrogen-bond acceptors (Lipinski definition) is 1. The topological polar surface area (TPSA) is 20.2 Å². The smallest absolute Gasteiger partial charge is 0.115 e. The van der Waals surface area contributed by atoms with E-state index in [1.165, 1.54) is 89.9 Å². The Balaban J connectivity index is 0. The number of rotatable bonds is 13. The van der Waals surface area contributed by atoms with Gasteiger partial charge in [0, 0.05) is 0 Å². The molecule has 1 nitrogen and oxygen atoms in total. The molecule has 0 spiro atoms. The molecule has 0 atom stereocenters. The fourth-order valence-corrected chi connectivity index (χ4v) is 2.70. The van der Waals surface area contributed by atoms with Gasteiger partial charge >= 0.3 is 0 Å². The summed E-state index contributed by atoms with van der Waals surface area (Å²) < 4.78 is 0. The van der Waals surface area contributed by atoms with E-state index in [0.717, 1.165) is 0 Å². The Morgan fingerprint density at radius 2 is 0.833 bits per heavy atom. The van der Waals surface area contributed by atoms with Gasteiger partial charge in [0.1, 0.15) is 5.75 Å². The van der Waals surface area contributed by atoms with Crippen LogP contribution in [-0.2, 0) is 0 Å². The molecule has 1 aromatic carbocycles. The number of hydrogen-bond donors (Lipinski definition) is 1. The highest BCUT2D eigenvalue weighted by Gasteiger charge is 1.92. The van der Waals surface area contributed by atoms with Crippen molar-refractivity contribution < 1.29 is 5.11 Å². The van der Waals surface area contributed by atoms with Gasteiger partial charge in [-0.05, 0) is 12.1 Å². The SMILES string of the molecule is Br.CCCCCCCCCCCCCCCC.Oc1ccccc1. The van der Waals surface area contributed by atoms with E-state index in [2.05, 4.69) is 13.8 Å². The highest BCUT2D eigenvalue weighted by atomic mass is 79.9. The highest BCUT2D eigenvalue weighted by Crippen LogP contribution is 2.12. The molecule has 0 bridgehead atoms. The molecule has 0 saturated carbocycles. The molecule has 1 aromatic rings. The molecule has 0 heterocycles. The zero-order valence-corrected chi connectivity index (χ0v) is 17.9. The maximum atomic E-state index is 8.63. The summed E-state index contributed by atoms with van der Waals surface area (Å²) in [5.74, 6) is 0.322. The number of phenols is 1. The lowest BCUT2D eigenvalue weighted by Crippen LogP contribution is -1.82. The Hall–Kier alpha value is -0.500. The molecule has 24 heavy (non-hydrogen) atoms. The van der Waals surface area contributed by atoms with E-state index >= 15 is 0 Å². The van der Waals surface area contributed by atoms with Gasteiger partial charge in [0.25, 0.3) is 0 Å². The third-order valence-electron chi connectivity index (χ3n) is 4.21. The van der Waals surface area contributed by atoms with Crippen LogP contribution < -0.4 is 0 Å². The highest BCUT2D eigenvalue weighted by molar-refractivity contribution is 8.93. The molecule has 0 aliphatic rings. The van der Waals surface area contributed by atoms with Crippen LogP contribution in [0.1, 0.15) is 104 Å². The molecule has 0 amide bonds. The molecule has 0 aliphatic carbocycles. The molecule has 0 saturated heterocycles. The summed E-state index contributed by atoms with van der Waals surface area (Å²) in [6, 6.07) is 8.71. The zero-order valence-electron chi connectivity index (χ0n) is 16.1. The van der Waals surface area contributed by atoms with E-state index in [1.807, 2.05) is 6.07 Å². The minimum Gasteiger partial charge on any atom is -0.508 e. The standard InChI is InChI=1S/C16H34.C6H6O.BrH/c1-3-5-7-9-11-13-15-16-14-12-10-8-6-4-2;7-6-4-2-1-3-5-6;/h3-16H2,1-2H3;1-5,7H;1H. The van der Waals surface area contributed by atoms with Crippen LogP contribution in [0.4, 0.5) is 0 Å². The maximum Gasteiger partial charge on any atom is 0.115 e. The van der Waals surface area contributed by atoms with E-state index in [0.29, 0.717) is 5.75 Å². The first-order valence-corrected chi connectivity index (χ1v) is 10.0. The second-order valence-electron chi connectivity index (χ2n) is 6.58. The molecule has 0 aliphatic heterocycles. The number of aromatic hydroxyl groups is 1. The summed E-state index contributed by atoms with van der Waals surface area (Å²) in [6.07, 6.45) is 20.4. The van der Waals surface area contributed by atoms with Gasteiger partial charge in [-0.1, -0.05) is 122 Å². The molecule has 0 unspecified atom stereocenters. The Labute approximate surface area is 162 Å². The van der Waals surface area contributed by atoms with Crippen molar-refractivity contribution in [2.24, 2.45) is 0 Å². The predicted octanol–water partition coefficient (Wildman–Crippen LogP) is 8.46. The van der Waals surface area contributed by atoms with E-state index in [4.69, 9.17) is 5.11 Å². The van der Waals surface area contributed by atoms with Crippen LogP contribution in [0.2, 0.25) is 0 Å². The van der Waals surface area contributed by atoms with Crippen molar-refractivity contribution in [1.29, 1.82) is 0 Å². The second-order valence-corrected chi connectivity index (χ2v) is 6.58. The van der Waals surface area contributed by atoms with Gasteiger partial charge in [0.05, 0.1) is 0 Å². The predicted molar refractivity (Wildman–Crippen MR) is 114 cm³/mol. The molecule has 1 rings (SSSR count). The van der Waals surface area contributed by atoms with Crippen molar-refractivity contribution in [1.82, 2.24) is 0 Å². The van der Waals surface area contributed by atoms with Gasteiger partial charge in [-0.15, -0.1) is 17.0 Å². The summed E-state index contributed by atoms with van der Waals surface area (Å²) in [5, 5.41) is 8.63. The Morgan fingerprint density at radius 3 is 1.04 bits per heavy atom. The van der Waals surface area contributed by atoms with Gasteiger partial charge < -0.3 is 5.11 Å². The van der Waals surface area contributed by atoms with Crippen molar-refractivity contribution in [2.45, 2.75) is 104 Å². The Morgan fingerprint density at radius 1 is 0.542 bits per heavy atom. The lowest BCUT2D eigenvalue weighted by atomic mass is 10.0. The number of benzene rings is 1. The Bertz CT molecular complexity index is 299. The first kappa shape index (κ1) is 25.7. The van der Waals surface area contributed by atoms with Gasteiger partial charge in [-0.2, -0.15) is 0 Å². The average Bonchev–Trinajstić information content (AvgIpc) is 2.57. The van der Waals surface area contributed by atoms with E-state index in [1.54, 1.807) is 24.3 Å². The summed E-state index contributed by atoms with van der Waals surface area (Å²) >= 11 is 0. The summed E-state index contributed by atoms with van der Waals surface area (Å²) in [7, 11) is 0. The third-order valence-corrected chi connectivity index (χ3v) is 4.21. The normalized spacial score (nSPS) is 9.75. The molecule has 1 N–H and O–H groups in total. The van der Waals surface area contributed by atoms with E-state index < -0.39 is 0 Å².